The summed E-state index contributed by atoms with van der Waals surface area (Å²) in [6.45, 7) is 4.58. The molecule has 0 saturated carbocycles. The van der Waals surface area contributed by atoms with Gasteiger partial charge in [0, 0.05) is 43.1 Å². The second-order valence-electron chi connectivity index (χ2n) is 5.97. The van der Waals surface area contributed by atoms with Crippen LogP contribution in [0.15, 0.2) is 30.3 Å². The molecule has 0 unspecified atom stereocenters. The number of nitro benzene ring substituents is 1. The number of nitro groups is 1. The first kappa shape index (κ1) is 17.8. The maximum absolute atomic E-state index is 10.9. The molecule has 24 heavy (non-hydrogen) atoms. The monoisotopic (exact) mass is 331 g/mol. The first-order chi connectivity index (χ1) is 11.3. The molecular weight excluding hydrogens is 310 g/mol. The second kappa shape index (κ2) is 7.33. The second-order valence-corrected chi connectivity index (χ2v) is 5.97. The van der Waals surface area contributed by atoms with Crippen molar-refractivity contribution >= 4 is 11.5 Å². The van der Waals surface area contributed by atoms with Crippen molar-refractivity contribution in [3.05, 3.63) is 46.1 Å². The van der Waals surface area contributed by atoms with Crippen molar-refractivity contribution in [3.8, 4) is 11.4 Å². The van der Waals surface area contributed by atoms with Crippen molar-refractivity contribution in [2.75, 3.05) is 25.6 Å². The highest BCUT2D eigenvalue weighted by molar-refractivity contribution is 5.61. The number of methoxy groups -OCH3 is 1. The molecule has 1 heterocycles. The normalized spacial score (nSPS) is 13.3. The molecule has 1 aromatic heterocycles. The number of anilines is 1. The minimum atomic E-state index is -0.542. The van der Waals surface area contributed by atoms with E-state index in [4.69, 9.17) is 10.5 Å². The van der Waals surface area contributed by atoms with E-state index in [1.54, 1.807) is 25.3 Å². The van der Waals surface area contributed by atoms with Crippen LogP contribution in [0.4, 0.5) is 11.5 Å². The van der Waals surface area contributed by atoms with Crippen molar-refractivity contribution in [3.63, 3.8) is 0 Å². The van der Waals surface area contributed by atoms with Crippen LogP contribution in [-0.4, -0.2) is 40.7 Å². The van der Waals surface area contributed by atoms with E-state index in [0.29, 0.717) is 30.4 Å². The molecule has 0 aliphatic carbocycles. The van der Waals surface area contributed by atoms with Gasteiger partial charge in [-0.25, -0.2) is 9.97 Å². The van der Waals surface area contributed by atoms with Crippen LogP contribution in [0.3, 0.4) is 0 Å². The Labute approximate surface area is 140 Å². The van der Waals surface area contributed by atoms with Gasteiger partial charge in [-0.05, 0) is 13.8 Å². The van der Waals surface area contributed by atoms with E-state index in [2.05, 4.69) is 15.3 Å². The minimum Gasteiger partial charge on any atom is -0.383 e. The van der Waals surface area contributed by atoms with Gasteiger partial charge in [-0.1, -0.05) is 12.1 Å². The van der Waals surface area contributed by atoms with Crippen LogP contribution in [0.2, 0.25) is 0 Å². The average molecular weight is 331 g/mol. The summed E-state index contributed by atoms with van der Waals surface area (Å²) in [6, 6.07) is 8.04. The number of benzene rings is 1. The number of ether oxygens (including phenoxy) is 1. The third-order valence-electron chi connectivity index (χ3n) is 3.32. The third-order valence-corrected chi connectivity index (χ3v) is 3.32. The lowest BCUT2D eigenvalue weighted by Crippen LogP contribution is -2.47. The van der Waals surface area contributed by atoms with Crippen molar-refractivity contribution in [1.82, 2.24) is 9.97 Å². The molecule has 1 aromatic carbocycles. The molecule has 128 valence electrons. The Morgan fingerprint density at radius 3 is 2.79 bits per heavy atom. The summed E-state index contributed by atoms with van der Waals surface area (Å²) in [5, 5.41) is 14.1. The zero-order valence-electron chi connectivity index (χ0n) is 13.9. The topological polar surface area (TPSA) is 116 Å². The Morgan fingerprint density at radius 1 is 1.38 bits per heavy atom. The van der Waals surface area contributed by atoms with Gasteiger partial charge in [-0.2, -0.15) is 0 Å². The molecule has 0 saturated heterocycles. The van der Waals surface area contributed by atoms with Crippen LogP contribution in [0, 0.1) is 17.0 Å². The SMILES string of the molecule is COC[C@](C)(N)CNc1cc(C)nc(-c2cccc([N+](=O)[O-])c2)n1. The van der Waals surface area contributed by atoms with E-state index >= 15 is 0 Å². The predicted molar refractivity (Wildman–Crippen MR) is 91.8 cm³/mol. The summed E-state index contributed by atoms with van der Waals surface area (Å²) in [5.74, 6) is 1.03. The maximum atomic E-state index is 10.9. The fourth-order valence-corrected chi connectivity index (χ4v) is 2.22. The minimum absolute atomic E-state index is 0.00161. The van der Waals surface area contributed by atoms with Crippen LogP contribution in [0.25, 0.3) is 11.4 Å². The standard InChI is InChI=1S/C16H21N5O3/c1-11-7-14(18-9-16(2,17)10-24-3)20-15(19-11)12-5-4-6-13(8-12)21(22)23/h4-8H,9-10,17H2,1-3H3,(H,18,19,20)/t16-/m1/s1. The fraction of sp³-hybridized carbons (Fsp3) is 0.375. The number of hydrogen-bond donors (Lipinski definition) is 2. The van der Waals surface area contributed by atoms with Crippen LogP contribution in [0.1, 0.15) is 12.6 Å². The smallest absolute Gasteiger partial charge is 0.270 e. The summed E-state index contributed by atoms with van der Waals surface area (Å²) >= 11 is 0. The van der Waals surface area contributed by atoms with Gasteiger partial charge in [0.25, 0.3) is 5.69 Å². The quantitative estimate of drug-likeness (QED) is 0.589. The summed E-state index contributed by atoms with van der Waals surface area (Å²) in [7, 11) is 1.60. The van der Waals surface area contributed by atoms with Crippen LogP contribution < -0.4 is 11.1 Å². The lowest BCUT2D eigenvalue weighted by atomic mass is 10.1. The Bertz CT molecular complexity index is 733. The highest BCUT2D eigenvalue weighted by Crippen LogP contribution is 2.22. The first-order valence-electron chi connectivity index (χ1n) is 7.43. The number of nitrogens with zero attached hydrogens (tertiary/aromatic N) is 3. The van der Waals surface area contributed by atoms with Gasteiger partial charge in [0.15, 0.2) is 5.82 Å². The van der Waals surface area contributed by atoms with E-state index in [-0.39, 0.29) is 5.69 Å². The molecule has 0 aliphatic rings. The molecular formula is C16H21N5O3. The maximum Gasteiger partial charge on any atom is 0.270 e. The number of nitrogens with one attached hydrogen (secondary N) is 1. The number of hydrogen-bond acceptors (Lipinski definition) is 7. The number of rotatable bonds is 7. The van der Waals surface area contributed by atoms with Gasteiger partial charge in [0.2, 0.25) is 0 Å². The Balaban J connectivity index is 2.25. The molecule has 0 radical (unpaired) electrons. The van der Waals surface area contributed by atoms with Crippen LogP contribution in [-0.2, 0) is 4.74 Å². The molecule has 3 N–H and O–H groups in total. The molecule has 2 aromatic rings. The Hall–Kier alpha value is -2.58. The molecule has 0 fully saturated rings. The van der Waals surface area contributed by atoms with Crippen LogP contribution >= 0.6 is 0 Å². The lowest BCUT2D eigenvalue weighted by molar-refractivity contribution is -0.384. The van der Waals surface area contributed by atoms with Crippen molar-refractivity contribution in [2.45, 2.75) is 19.4 Å². The van der Waals surface area contributed by atoms with E-state index in [9.17, 15) is 10.1 Å². The first-order valence-corrected chi connectivity index (χ1v) is 7.43. The highest BCUT2D eigenvalue weighted by atomic mass is 16.6. The van der Waals surface area contributed by atoms with Gasteiger partial charge < -0.3 is 15.8 Å². The third kappa shape index (κ3) is 4.71. The summed E-state index contributed by atoms with van der Waals surface area (Å²) < 4.78 is 5.09. The van der Waals surface area contributed by atoms with Crippen molar-refractivity contribution in [1.29, 1.82) is 0 Å². The summed E-state index contributed by atoms with van der Waals surface area (Å²) in [4.78, 5) is 19.3. The van der Waals surface area contributed by atoms with Gasteiger partial charge in [-0.3, -0.25) is 10.1 Å². The zero-order valence-corrected chi connectivity index (χ0v) is 13.9. The van der Waals surface area contributed by atoms with E-state index in [0.717, 1.165) is 5.69 Å². The lowest BCUT2D eigenvalue weighted by Gasteiger charge is -2.24. The average Bonchev–Trinajstić information content (AvgIpc) is 2.53. The van der Waals surface area contributed by atoms with Crippen molar-refractivity contribution < 1.29 is 9.66 Å². The van der Waals surface area contributed by atoms with Gasteiger partial charge >= 0.3 is 0 Å². The number of aromatic nitrogens is 2. The number of aryl methyl sites for hydroxylation is 1. The molecule has 8 nitrogen and oxygen atoms in total. The summed E-state index contributed by atoms with van der Waals surface area (Å²) in [6.07, 6.45) is 0. The van der Waals surface area contributed by atoms with Crippen LogP contribution in [0.5, 0.6) is 0 Å². The molecule has 1 atom stereocenters. The van der Waals surface area contributed by atoms with E-state index < -0.39 is 10.5 Å². The predicted octanol–water partition coefficient (Wildman–Crippen LogP) is 2.14. The highest BCUT2D eigenvalue weighted by Gasteiger charge is 2.18. The largest absolute Gasteiger partial charge is 0.383 e. The Morgan fingerprint density at radius 2 is 2.12 bits per heavy atom. The van der Waals surface area contributed by atoms with E-state index in [1.807, 2.05) is 13.8 Å². The van der Waals surface area contributed by atoms with Crippen molar-refractivity contribution in [2.24, 2.45) is 5.73 Å². The van der Waals surface area contributed by atoms with Gasteiger partial charge in [-0.15, -0.1) is 0 Å². The molecule has 0 bridgehead atoms. The molecule has 0 amide bonds. The molecule has 2 rings (SSSR count). The van der Waals surface area contributed by atoms with Gasteiger partial charge in [0.1, 0.15) is 5.82 Å². The summed E-state index contributed by atoms with van der Waals surface area (Å²) in [5.41, 5.74) is 6.90. The van der Waals surface area contributed by atoms with E-state index in [1.165, 1.54) is 12.1 Å². The zero-order chi connectivity index (χ0) is 17.7. The molecule has 0 aliphatic heterocycles. The number of nitrogens with two attached hydrogens (primary N) is 1. The molecule has 8 heteroatoms. The Kier molecular flexibility index (Phi) is 5.42. The van der Waals surface area contributed by atoms with Gasteiger partial charge in [0.05, 0.1) is 17.1 Å². The fourth-order valence-electron chi connectivity index (χ4n) is 2.22. The molecule has 0 spiro atoms. The number of non-ortho nitro benzene ring substituents is 1.